The molecule has 0 bridgehead atoms. The van der Waals surface area contributed by atoms with Crippen molar-refractivity contribution < 1.29 is 0 Å². The predicted octanol–water partition coefficient (Wildman–Crippen LogP) is 5.70. The average Bonchev–Trinajstić information content (AvgIpc) is 3.22. The summed E-state index contributed by atoms with van der Waals surface area (Å²) in [5, 5.41) is 3.48. The Bertz CT molecular complexity index is 591. The van der Waals surface area contributed by atoms with Gasteiger partial charge in [-0.3, -0.25) is 0 Å². The molecule has 0 aromatic heterocycles. The number of anilines is 1. The van der Waals surface area contributed by atoms with Gasteiger partial charge in [0.15, 0.2) is 0 Å². The van der Waals surface area contributed by atoms with E-state index in [0.29, 0.717) is 0 Å². The highest BCUT2D eigenvalue weighted by atomic mass is 79.9. The van der Waals surface area contributed by atoms with Crippen LogP contribution in [-0.2, 0) is 6.54 Å². The van der Waals surface area contributed by atoms with Gasteiger partial charge >= 0.3 is 0 Å². The van der Waals surface area contributed by atoms with Crippen LogP contribution < -0.4 is 5.32 Å². The molecule has 1 aliphatic rings. The Morgan fingerprint density at radius 3 is 2.63 bits per heavy atom. The second-order valence-corrected chi connectivity index (χ2v) is 6.77. The average molecular weight is 381 g/mol. The molecule has 2 aromatic rings. The fourth-order valence-corrected chi connectivity index (χ4v) is 3.39. The molecule has 1 fully saturated rings. The second kappa shape index (κ2) is 5.68. The quantitative estimate of drug-likeness (QED) is 0.717. The number of rotatable bonds is 4. The van der Waals surface area contributed by atoms with Gasteiger partial charge in [-0.15, -0.1) is 0 Å². The maximum Gasteiger partial charge on any atom is 0.0488 e. The highest BCUT2D eigenvalue weighted by Crippen LogP contribution is 2.40. The molecular formula is C16H15Br2N. The molecule has 3 heteroatoms. The Morgan fingerprint density at radius 2 is 1.89 bits per heavy atom. The van der Waals surface area contributed by atoms with E-state index in [1.807, 2.05) is 6.07 Å². The lowest BCUT2D eigenvalue weighted by Gasteiger charge is -2.10. The van der Waals surface area contributed by atoms with Gasteiger partial charge in [-0.25, -0.2) is 0 Å². The summed E-state index contributed by atoms with van der Waals surface area (Å²) < 4.78 is 2.17. The van der Waals surface area contributed by atoms with E-state index in [2.05, 4.69) is 73.6 Å². The third-order valence-corrected chi connectivity index (χ3v) is 4.56. The number of benzene rings is 2. The van der Waals surface area contributed by atoms with Crippen molar-refractivity contribution in [3.05, 3.63) is 62.5 Å². The predicted molar refractivity (Wildman–Crippen MR) is 87.6 cm³/mol. The van der Waals surface area contributed by atoms with Gasteiger partial charge in [0.2, 0.25) is 0 Å². The fourth-order valence-electron chi connectivity index (χ4n) is 2.20. The van der Waals surface area contributed by atoms with Crippen molar-refractivity contribution in [3.63, 3.8) is 0 Å². The largest absolute Gasteiger partial charge is 0.380 e. The number of halogens is 2. The first-order valence-corrected chi connectivity index (χ1v) is 8.09. The Labute approximate surface area is 130 Å². The van der Waals surface area contributed by atoms with E-state index in [1.54, 1.807) is 0 Å². The van der Waals surface area contributed by atoms with Crippen LogP contribution in [0.2, 0.25) is 0 Å². The summed E-state index contributed by atoms with van der Waals surface area (Å²) in [5.74, 6) is 0.819. The van der Waals surface area contributed by atoms with Gasteiger partial charge in [-0.05, 0) is 64.0 Å². The van der Waals surface area contributed by atoms with Crippen LogP contribution in [0.1, 0.15) is 29.9 Å². The molecule has 1 saturated carbocycles. The first kappa shape index (κ1) is 13.2. The molecule has 3 rings (SSSR count). The maximum absolute atomic E-state index is 3.58. The molecule has 98 valence electrons. The van der Waals surface area contributed by atoms with E-state index in [0.717, 1.165) is 27.1 Å². The molecule has 1 aliphatic carbocycles. The van der Waals surface area contributed by atoms with E-state index < -0.39 is 0 Å². The lowest BCUT2D eigenvalue weighted by atomic mass is 10.1. The first-order chi connectivity index (χ1) is 9.22. The van der Waals surface area contributed by atoms with E-state index in [1.165, 1.54) is 24.0 Å². The van der Waals surface area contributed by atoms with Gasteiger partial charge in [0.25, 0.3) is 0 Å². The highest BCUT2D eigenvalue weighted by molar-refractivity contribution is 9.11. The maximum atomic E-state index is 3.58. The smallest absolute Gasteiger partial charge is 0.0488 e. The molecule has 0 atom stereocenters. The molecule has 2 aromatic carbocycles. The molecule has 19 heavy (non-hydrogen) atoms. The summed E-state index contributed by atoms with van der Waals surface area (Å²) in [6.07, 6.45) is 2.71. The Kier molecular flexibility index (Phi) is 3.94. The van der Waals surface area contributed by atoms with Crippen LogP contribution in [0, 0.1) is 0 Å². The van der Waals surface area contributed by atoms with Crippen molar-refractivity contribution in [2.75, 3.05) is 5.32 Å². The summed E-state index contributed by atoms with van der Waals surface area (Å²) in [7, 11) is 0. The fraction of sp³-hybridized carbons (Fsp3) is 0.250. The second-order valence-electron chi connectivity index (χ2n) is 5.00. The molecule has 0 spiro atoms. The zero-order valence-electron chi connectivity index (χ0n) is 10.5. The lowest BCUT2D eigenvalue weighted by Crippen LogP contribution is -2.00. The van der Waals surface area contributed by atoms with Gasteiger partial charge in [0.05, 0.1) is 0 Å². The molecule has 0 amide bonds. The van der Waals surface area contributed by atoms with Crippen LogP contribution in [0.25, 0.3) is 0 Å². The summed E-state index contributed by atoms with van der Waals surface area (Å²) in [6.45, 7) is 0.862. The molecule has 1 N–H and O–H groups in total. The normalized spacial score (nSPS) is 14.4. The van der Waals surface area contributed by atoms with E-state index in [4.69, 9.17) is 0 Å². The SMILES string of the molecule is Brc1ccc(NCc2cccc(C3CC3)c2)c(Br)c1. The zero-order chi connectivity index (χ0) is 13.2. The van der Waals surface area contributed by atoms with Crippen LogP contribution in [0.5, 0.6) is 0 Å². The van der Waals surface area contributed by atoms with Crippen LogP contribution in [-0.4, -0.2) is 0 Å². The molecular weight excluding hydrogens is 366 g/mol. The Morgan fingerprint density at radius 1 is 1.05 bits per heavy atom. The number of hydrogen-bond acceptors (Lipinski definition) is 1. The minimum absolute atomic E-state index is 0.819. The Hall–Kier alpha value is -0.800. The highest BCUT2D eigenvalue weighted by Gasteiger charge is 2.23. The first-order valence-electron chi connectivity index (χ1n) is 6.50. The monoisotopic (exact) mass is 379 g/mol. The van der Waals surface area contributed by atoms with Crippen LogP contribution >= 0.6 is 31.9 Å². The topological polar surface area (TPSA) is 12.0 Å². The number of hydrogen-bond donors (Lipinski definition) is 1. The molecule has 1 nitrogen and oxygen atoms in total. The molecule has 0 heterocycles. The van der Waals surface area contributed by atoms with Crippen LogP contribution in [0.3, 0.4) is 0 Å². The summed E-state index contributed by atoms with van der Waals surface area (Å²) in [4.78, 5) is 0. The van der Waals surface area contributed by atoms with Crippen molar-refractivity contribution in [2.24, 2.45) is 0 Å². The molecule has 0 aliphatic heterocycles. The van der Waals surface area contributed by atoms with Gasteiger partial charge in [-0.1, -0.05) is 40.2 Å². The Balaban J connectivity index is 1.69. The minimum Gasteiger partial charge on any atom is -0.380 e. The van der Waals surface area contributed by atoms with E-state index in [-0.39, 0.29) is 0 Å². The van der Waals surface area contributed by atoms with Crippen molar-refractivity contribution >= 4 is 37.5 Å². The van der Waals surface area contributed by atoms with Gasteiger partial charge < -0.3 is 5.32 Å². The lowest BCUT2D eigenvalue weighted by molar-refractivity contribution is 1.08. The van der Waals surface area contributed by atoms with Crippen molar-refractivity contribution in [1.29, 1.82) is 0 Å². The summed E-state index contributed by atoms with van der Waals surface area (Å²) >= 11 is 7.04. The van der Waals surface area contributed by atoms with E-state index >= 15 is 0 Å². The summed E-state index contributed by atoms with van der Waals surface area (Å²) in [5.41, 5.74) is 3.97. The number of nitrogens with one attached hydrogen (secondary N) is 1. The third-order valence-electron chi connectivity index (χ3n) is 3.41. The van der Waals surface area contributed by atoms with Crippen LogP contribution in [0.4, 0.5) is 5.69 Å². The molecule has 0 radical (unpaired) electrons. The minimum atomic E-state index is 0.819. The van der Waals surface area contributed by atoms with Gasteiger partial charge in [0.1, 0.15) is 0 Å². The van der Waals surface area contributed by atoms with Crippen molar-refractivity contribution in [1.82, 2.24) is 0 Å². The molecule has 0 saturated heterocycles. The van der Waals surface area contributed by atoms with Gasteiger partial charge in [-0.2, -0.15) is 0 Å². The van der Waals surface area contributed by atoms with Crippen LogP contribution in [0.15, 0.2) is 51.4 Å². The van der Waals surface area contributed by atoms with Crippen molar-refractivity contribution in [3.8, 4) is 0 Å². The standard InChI is InChI=1S/C16H15Br2N/c17-14-6-7-16(15(18)9-14)19-10-11-2-1-3-13(8-11)12-4-5-12/h1-3,6-9,12,19H,4-5,10H2. The van der Waals surface area contributed by atoms with E-state index in [9.17, 15) is 0 Å². The third kappa shape index (κ3) is 3.40. The van der Waals surface area contributed by atoms with Crippen molar-refractivity contribution in [2.45, 2.75) is 25.3 Å². The summed E-state index contributed by atoms with van der Waals surface area (Å²) in [6, 6.07) is 15.1. The molecule has 0 unspecified atom stereocenters. The zero-order valence-corrected chi connectivity index (χ0v) is 13.7. The van der Waals surface area contributed by atoms with Gasteiger partial charge in [0, 0.05) is 21.2 Å².